The van der Waals surface area contributed by atoms with Gasteiger partial charge in [0.05, 0.1) is 6.26 Å². The third kappa shape index (κ3) is 3.54. The van der Waals surface area contributed by atoms with Gasteiger partial charge in [0.2, 0.25) is 0 Å². The van der Waals surface area contributed by atoms with E-state index in [1.807, 2.05) is 36.4 Å². The van der Waals surface area contributed by atoms with E-state index in [1.54, 1.807) is 12.1 Å². The maximum absolute atomic E-state index is 12.1. The van der Waals surface area contributed by atoms with Crippen molar-refractivity contribution in [2.75, 3.05) is 6.54 Å². The quantitative estimate of drug-likeness (QED) is 0.552. The predicted molar refractivity (Wildman–Crippen MR) is 92.1 cm³/mol. The lowest BCUT2D eigenvalue weighted by molar-refractivity contribution is -0.117. The van der Waals surface area contributed by atoms with Gasteiger partial charge >= 0.3 is 0 Å². The second-order valence-corrected chi connectivity index (χ2v) is 6.21. The molecular weight excluding hydrogens is 324 g/mol. The molecule has 2 N–H and O–H groups in total. The molecule has 0 saturated heterocycles. The van der Waals surface area contributed by atoms with E-state index in [9.17, 15) is 9.90 Å². The number of aliphatic hydroxyl groups excluding tert-OH is 1. The molecular formula is C18H14N2O3S. The Morgan fingerprint density at radius 3 is 2.92 bits per heavy atom. The normalized spacial score (nSPS) is 12.8. The van der Waals surface area contributed by atoms with E-state index >= 15 is 0 Å². The van der Waals surface area contributed by atoms with Crippen LogP contribution in [-0.2, 0) is 4.79 Å². The Bertz CT molecular complexity index is 886. The first-order chi connectivity index (χ1) is 11.7. The molecule has 120 valence electrons. The topological polar surface area (TPSA) is 86.3 Å². The molecule has 2 heterocycles. The van der Waals surface area contributed by atoms with Gasteiger partial charge in [0.25, 0.3) is 5.91 Å². The number of thiophene rings is 1. The minimum atomic E-state index is -0.824. The lowest BCUT2D eigenvalue weighted by Crippen LogP contribution is -2.29. The molecule has 0 aliphatic rings. The van der Waals surface area contributed by atoms with Crippen LogP contribution in [0.2, 0.25) is 0 Å². The Labute approximate surface area is 142 Å². The molecule has 0 saturated carbocycles. The van der Waals surface area contributed by atoms with Crippen LogP contribution in [0.4, 0.5) is 0 Å². The van der Waals surface area contributed by atoms with Gasteiger partial charge in [0.15, 0.2) is 0 Å². The summed E-state index contributed by atoms with van der Waals surface area (Å²) in [6.07, 6.45) is 2.00. The summed E-state index contributed by atoms with van der Waals surface area (Å²) in [6.45, 7) is 0.0306. The number of hydrogen-bond acceptors (Lipinski definition) is 5. The average Bonchev–Trinajstić information content (AvgIpc) is 3.26. The number of nitriles is 1. The molecule has 3 aromatic rings. The van der Waals surface area contributed by atoms with Crippen molar-refractivity contribution in [3.63, 3.8) is 0 Å². The fraction of sp³-hybridized carbons (Fsp3) is 0.111. The zero-order valence-electron chi connectivity index (χ0n) is 12.6. The van der Waals surface area contributed by atoms with Crippen molar-refractivity contribution in [2.45, 2.75) is 6.10 Å². The molecule has 0 fully saturated rings. The van der Waals surface area contributed by atoms with Gasteiger partial charge < -0.3 is 14.8 Å². The Morgan fingerprint density at radius 1 is 1.38 bits per heavy atom. The molecule has 2 aromatic heterocycles. The van der Waals surface area contributed by atoms with E-state index < -0.39 is 12.0 Å². The summed E-state index contributed by atoms with van der Waals surface area (Å²) in [7, 11) is 0. The molecule has 0 radical (unpaired) electrons. The summed E-state index contributed by atoms with van der Waals surface area (Å²) in [5, 5.41) is 23.0. The van der Waals surface area contributed by atoms with Gasteiger partial charge in [-0.2, -0.15) is 5.26 Å². The standard InChI is InChI=1S/C18H14N2O3S/c19-10-13(8-14-5-3-7-23-14)18(22)20-11-15(21)17-9-12-4-1-2-6-16(12)24-17/h1-9,15,21H,11H2,(H,20,22)/b13-8+. The number of amides is 1. The van der Waals surface area contributed by atoms with Crippen LogP contribution in [0.3, 0.4) is 0 Å². The average molecular weight is 338 g/mol. The number of carbonyl (C=O) groups is 1. The Kier molecular flexibility index (Phi) is 4.75. The van der Waals surface area contributed by atoms with Crippen molar-refractivity contribution in [3.05, 3.63) is 64.9 Å². The van der Waals surface area contributed by atoms with Crippen LogP contribution in [0.5, 0.6) is 0 Å². The second kappa shape index (κ2) is 7.13. The molecule has 1 atom stereocenters. The number of rotatable bonds is 5. The SMILES string of the molecule is N#C/C(=C\c1ccco1)C(=O)NCC(O)c1cc2ccccc2s1. The van der Waals surface area contributed by atoms with Crippen LogP contribution in [0.15, 0.2) is 58.7 Å². The predicted octanol–water partition coefficient (Wildman–Crippen LogP) is 3.25. The van der Waals surface area contributed by atoms with Crippen molar-refractivity contribution in [2.24, 2.45) is 0 Å². The number of aliphatic hydroxyl groups is 1. The Balaban J connectivity index is 1.65. The highest BCUT2D eigenvalue weighted by Gasteiger charge is 2.15. The molecule has 0 spiro atoms. The van der Waals surface area contributed by atoms with Crippen LogP contribution in [-0.4, -0.2) is 17.6 Å². The summed E-state index contributed by atoms with van der Waals surface area (Å²) >= 11 is 1.48. The van der Waals surface area contributed by atoms with Gasteiger partial charge in [0.1, 0.15) is 23.5 Å². The minimum absolute atomic E-state index is 0.0306. The van der Waals surface area contributed by atoms with Gasteiger partial charge in [-0.3, -0.25) is 4.79 Å². The van der Waals surface area contributed by atoms with E-state index in [2.05, 4.69) is 5.32 Å². The van der Waals surface area contributed by atoms with E-state index in [1.165, 1.54) is 23.7 Å². The maximum atomic E-state index is 12.1. The number of furan rings is 1. The Morgan fingerprint density at radius 2 is 2.21 bits per heavy atom. The lowest BCUT2D eigenvalue weighted by atomic mass is 10.2. The fourth-order valence-electron chi connectivity index (χ4n) is 2.22. The third-order valence-corrected chi connectivity index (χ3v) is 4.64. The number of fused-ring (bicyclic) bond motifs is 1. The van der Waals surface area contributed by atoms with E-state index in [4.69, 9.17) is 9.68 Å². The molecule has 6 heteroatoms. The summed E-state index contributed by atoms with van der Waals surface area (Å²) < 4.78 is 6.17. The molecule has 0 bridgehead atoms. The zero-order valence-corrected chi connectivity index (χ0v) is 13.4. The maximum Gasteiger partial charge on any atom is 0.262 e. The van der Waals surface area contributed by atoms with E-state index in [-0.39, 0.29) is 12.1 Å². The second-order valence-electron chi connectivity index (χ2n) is 5.10. The summed E-state index contributed by atoms with van der Waals surface area (Å²) in [6, 6.07) is 14.9. The van der Waals surface area contributed by atoms with Crippen LogP contribution in [0.25, 0.3) is 16.2 Å². The summed E-state index contributed by atoms with van der Waals surface area (Å²) in [5.41, 5.74) is -0.0755. The summed E-state index contributed by atoms with van der Waals surface area (Å²) in [4.78, 5) is 12.8. The van der Waals surface area contributed by atoms with Gasteiger partial charge in [-0.15, -0.1) is 11.3 Å². The molecule has 0 aliphatic heterocycles. The van der Waals surface area contributed by atoms with Gasteiger partial charge in [-0.05, 0) is 29.7 Å². The van der Waals surface area contributed by atoms with Crippen molar-refractivity contribution < 1.29 is 14.3 Å². The highest BCUT2D eigenvalue weighted by molar-refractivity contribution is 7.19. The zero-order chi connectivity index (χ0) is 16.9. The minimum Gasteiger partial charge on any atom is -0.465 e. The number of carbonyl (C=O) groups excluding carboxylic acids is 1. The van der Waals surface area contributed by atoms with Gasteiger partial charge in [-0.25, -0.2) is 0 Å². The number of hydrogen-bond donors (Lipinski definition) is 2. The first kappa shape index (κ1) is 16.0. The van der Waals surface area contributed by atoms with Gasteiger partial charge in [-0.1, -0.05) is 18.2 Å². The smallest absolute Gasteiger partial charge is 0.262 e. The monoisotopic (exact) mass is 338 g/mol. The van der Waals surface area contributed by atoms with Crippen molar-refractivity contribution in [1.82, 2.24) is 5.32 Å². The van der Waals surface area contributed by atoms with Crippen LogP contribution in [0, 0.1) is 11.3 Å². The molecule has 5 nitrogen and oxygen atoms in total. The third-order valence-electron chi connectivity index (χ3n) is 3.42. The van der Waals surface area contributed by atoms with Crippen LogP contribution >= 0.6 is 11.3 Å². The van der Waals surface area contributed by atoms with Crippen LogP contribution in [0.1, 0.15) is 16.7 Å². The van der Waals surface area contributed by atoms with E-state index in [0.717, 1.165) is 15.0 Å². The number of nitrogens with zero attached hydrogens (tertiary/aromatic N) is 1. The van der Waals surface area contributed by atoms with Crippen molar-refractivity contribution >= 4 is 33.4 Å². The molecule has 1 amide bonds. The molecule has 1 unspecified atom stereocenters. The number of benzene rings is 1. The molecule has 3 rings (SSSR count). The van der Waals surface area contributed by atoms with Gasteiger partial charge in [0, 0.05) is 22.2 Å². The van der Waals surface area contributed by atoms with Crippen molar-refractivity contribution in [1.29, 1.82) is 5.26 Å². The molecule has 24 heavy (non-hydrogen) atoms. The number of nitrogens with one attached hydrogen (secondary N) is 1. The van der Waals surface area contributed by atoms with E-state index in [0.29, 0.717) is 5.76 Å². The Hall–Kier alpha value is -2.88. The van der Waals surface area contributed by atoms with Crippen LogP contribution < -0.4 is 5.32 Å². The van der Waals surface area contributed by atoms with Crippen molar-refractivity contribution in [3.8, 4) is 6.07 Å². The molecule has 0 aliphatic carbocycles. The first-order valence-electron chi connectivity index (χ1n) is 7.27. The summed E-state index contributed by atoms with van der Waals surface area (Å²) in [5.74, 6) is -0.124. The highest BCUT2D eigenvalue weighted by Crippen LogP contribution is 2.29. The highest BCUT2D eigenvalue weighted by atomic mass is 32.1. The first-order valence-corrected chi connectivity index (χ1v) is 8.09. The molecule has 1 aromatic carbocycles. The fourth-order valence-corrected chi connectivity index (χ4v) is 3.27. The lowest BCUT2D eigenvalue weighted by Gasteiger charge is -2.09. The largest absolute Gasteiger partial charge is 0.465 e.